The number of aliphatic hydroxyl groups is 1. The number of benzene rings is 1. The van der Waals surface area contributed by atoms with E-state index in [1.165, 1.54) is 5.56 Å². The molecular formula is C16H25NO2. The van der Waals surface area contributed by atoms with E-state index < -0.39 is 0 Å². The summed E-state index contributed by atoms with van der Waals surface area (Å²) in [5.74, 6) is 1.87. The maximum atomic E-state index is 9.64. The summed E-state index contributed by atoms with van der Waals surface area (Å²) in [6.45, 7) is 7.36. The van der Waals surface area contributed by atoms with E-state index in [2.05, 4.69) is 24.0 Å². The van der Waals surface area contributed by atoms with Crippen molar-refractivity contribution in [3.63, 3.8) is 0 Å². The van der Waals surface area contributed by atoms with Gasteiger partial charge in [-0.3, -0.25) is 0 Å². The number of ether oxygens (including phenoxy) is 1. The fraction of sp³-hybridized carbons (Fsp3) is 0.625. The molecule has 1 aliphatic heterocycles. The molecule has 1 heterocycles. The summed E-state index contributed by atoms with van der Waals surface area (Å²) < 4.78 is 5.18. The van der Waals surface area contributed by atoms with Crippen LogP contribution < -0.4 is 4.74 Å². The minimum absolute atomic E-state index is 0.179. The molecule has 1 aliphatic rings. The second kappa shape index (κ2) is 6.40. The molecule has 1 aromatic carbocycles. The van der Waals surface area contributed by atoms with Crippen molar-refractivity contribution < 1.29 is 9.84 Å². The van der Waals surface area contributed by atoms with Crippen molar-refractivity contribution in [1.29, 1.82) is 0 Å². The van der Waals surface area contributed by atoms with Crippen molar-refractivity contribution >= 4 is 0 Å². The third-order valence-corrected chi connectivity index (χ3v) is 4.21. The highest BCUT2D eigenvalue weighted by Gasteiger charge is 2.26. The molecule has 1 saturated heterocycles. The van der Waals surface area contributed by atoms with Gasteiger partial charge in [-0.05, 0) is 49.4 Å². The van der Waals surface area contributed by atoms with Crippen molar-refractivity contribution in [2.45, 2.75) is 32.3 Å². The van der Waals surface area contributed by atoms with Crippen LogP contribution in [0.4, 0.5) is 0 Å². The van der Waals surface area contributed by atoms with Crippen LogP contribution in [0, 0.1) is 5.92 Å². The molecule has 1 aromatic rings. The first-order chi connectivity index (χ1) is 9.10. The van der Waals surface area contributed by atoms with Crippen molar-refractivity contribution in [3.8, 4) is 5.75 Å². The van der Waals surface area contributed by atoms with Gasteiger partial charge < -0.3 is 14.7 Å². The molecule has 19 heavy (non-hydrogen) atoms. The van der Waals surface area contributed by atoms with Gasteiger partial charge >= 0.3 is 0 Å². The van der Waals surface area contributed by atoms with E-state index in [0.717, 1.165) is 31.8 Å². The zero-order valence-corrected chi connectivity index (χ0v) is 12.2. The lowest BCUT2D eigenvalue weighted by atomic mass is 10.0. The number of hydrogen-bond acceptors (Lipinski definition) is 3. The first-order valence-corrected chi connectivity index (χ1v) is 7.14. The Morgan fingerprint density at radius 3 is 2.53 bits per heavy atom. The van der Waals surface area contributed by atoms with Gasteiger partial charge in [0.2, 0.25) is 0 Å². The highest BCUT2D eigenvalue weighted by Crippen LogP contribution is 2.24. The highest BCUT2D eigenvalue weighted by atomic mass is 16.5. The number of nitrogens with zero attached hydrogens (tertiary/aromatic N) is 1. The van der Waals surface area contributed by atoms with Gasteiger partial charge in [0, 0.05) is 13.1 Å². The summed E-state index contributed by atoms with van der Waals surface area (Å²) in [5.41, 5.74) is 1.35. The maximum absolute atomic E-state index is 9.64. The van der Waals surface area contributed by atoms with Crippen molar-refractivity contribution in [2.24, 2.45) is 5.92 Å². The van der Waals surface area contributed by atoms with Gasteiger partial charge in [0.25, 0.3) is 0 Å². The van der Waals surface area contributed by atoms with Gasteiger partial charge in [-0.2, -0.15) is 0 Å². The zero-order chi connectivity index (χ0) is 13.8. The monoisotopic (exact) mass is 263 g/mol. The number of rotatable bonds is 5. The van der Waals surface area contributed by atoms with Crippen LogP contribution in [0.15, 0.2) is 24.3 Å². The smallest absolute Gasteiger partial charge is 0.118 e. The van der Waals surface area contributed by atoms with Crippen LogP contribution in [0.2, 0.25) is 0 Å². The molecule has 3 nitrogen and oxygen atoms in total. The minimum atomic E-state index is -0.179. The predicted octanol–water partition coefficient (Wildman–Crippen LogP) is 2.50. The Kier molecular flexibility index (Phi) is 4.83. The van der Waals surface area contributed by atoms with E-state index in [9.17, 15) is 5.11 Å². The predicted molar refractivity (Wildman–Crippen MR) is 77.6 cm³/mol. The lowest BCUT2D eigenvalue weighted by Gasteiger charge is -2.22. The summed E-state index contributed by atoms with van der Waals surface area (Å²) in [6, 6.07) is 8.33. The molecule has 3 unspecified atom stereocenters. The van der Waals surface area contributed by atoms with Gasteiger partial charge in [-0.1, -0.05) is 19.1 Å². The number of hydrogen-bond donors (Lipinski definition) is 1. The van der Waals surface area contributed by atoms with Crippen LogP contribution in [0.5, 0.6) is 5.75 Å². The number of aliphatic hydroxyl groups excluding tert-OH is 1. The van der Waals surface area contributed by atoms with Gasteiger partial charge in [-0.25, -0.2) is 0 Å². The Balaban J connectivity index is 1.88. The molecule has 0 radical (unpaired) electrons. The molecule has 0 aromatic heterocycles. The SMILES string of the molecule is COc1ccc(C(C)CN2CCC(C(C)O)C2)cc1. The van der Waals surface area contributed by atoms with E-state index >= 15 is 0 Å². The van der Waals surface area contributed by atoms with Crippen LogP contribution in [-0.2, 0) is 0 Å². The topological polar surface area (TPSA) is 32.7 Å². The highest BCUT2D eigenvalue weighted by molar-refractivity contribution is 5.29. The lowest BCUT2D eigenvalue weighted by Crippen LogP contribution is -2.27. The van der Waals surface area contributed by atoms with Crippen LogP contribution in [0.3, 0.4) is 0 Å². The Morgan fingerprint density at radius 1 is 1.32 bits per heavy atom. The average molecular weight is 263 g/mol. The van der Waals surface area contributed by atoms with Crippen LogP contribution in [0.25, 0.3) is 0 Å². The Labute approximate surface area is 116 Å². The molecule has 106 valence electrons. The van der Waals surface area contributed by atoms with Gasteiger partial charge in [0.15, 0.2) is 0 Å². The third-order valence-electron chi connectivity index (χ3n) is 4.21. The summed E-state index contributed by atoms with van der Waals surface area (Å²) >= 11 is 0. The molecule has 1 fully saturated rings. The largest absolute Gasteiger partial charge is 0.497 e. The Hall–Kier alpha value is -1.06. The molecule has 0 aliphatic carbocycles. The summed E-state index contributed by atoms with van der Waals surface area (Å²) in [7, 11) is 1.69. The molecule has 3 heteroatoms. The fourth-order valence-electron chi connectivity index (χ4n) is 2.85. The first-order valence-electron chi connectivity index (χ1n) is 7.14. The minimum Gasteiger partial charge on any atom is -0.497 e. The molecule has 0 amide bonds. The van der Waals surface area contributed by atoms with Gasteiger partial charge in [0.05, 0.1) is 13.2 Å². The average Bonchev–Trinajstić information content (AvgIpc) is 2.87. The zero-order valence-electron chi connectivity index (χ0n) is 12.2. The van der Waals surface area contributed by atoms with E-state index in [4.69, 9.17) is 4.74 Å². The summed E-state index contributed by atoms with van der Waals surface area (Å²) in [5, 5.41) is 9.64. The number of likely N-dealkylation sites (tertiary alicyclic amines) is 1. The Morgan fingerprint density at radius 2 is 2.00 bits per heavy atom. The number of methoxy groups -OCH3 is 1. The van der Waals surface area contributed by atoms with Crippen LogP contribution in [0.1, 0.15) is 31.7 Å². The second-order valence-corrected chi connectivity index (χ2v) is 5.72. The molecular weight excluding hydrogens is 238 g/mol. The molecule has 3 atom stereocenters. The van der Waals surface area contributed by atoms with Crippen molar-refractivity contribution in [1.82, 2.24) is 4.90 Å². The fourth-order valence-corrected chi connectivity index (χ4v) is 2.85. The molecule has 2 rings (SSSR count). The molecule has 0 bridgehead atoms. The van der Waals surface area contributed by atoms with Crippen molar-refractivity contribution in [2.75, 3.05) is 26.7 Å². The lowest BCUT2D eigenvalue weighted by molar-refractivity contribution is 0.127. The van der Waals surface area contributed by atoms with E-state index in [1.807, 2.05) is 19.1 Å². The molecule has 1 N–H and O–H groups in total. The van der Waals surface area contributed by atoms with E-state index in [-0.39, 0.29) is 6.10 Å². The normalized spacial score (nSPS) is 23.3. The molecule has 0 spiro atoms. The first kappa shape index (κ1) is 14.4. The Bertz CT molecular complexity index is 388. The molecule has 0 saturated carbocycles. The summed E-state index contributed by atoms with van der Waals surface area (Å²) in [6.07, 6.45) is 0.939. The second-order valence-electron chi connectivity index (χ2n) is 5.72. The van der Waals surface area contributed by atoms with E-state index in [1.54, 1.807) is 7.11 Å². The third kappa shape index (κ3) is 3.71. The quantitative estimate of drug-likeness (QED) is 0.886. The maximum Gasteiger partial charge on any atom is 0.118 e. The standard InChI is InChI=1S/C16H25NO2/c1-12(14-4-6-16(19-3)7-5-14)10-17-9-8-15(11-17)13(2)18/h4-7,12-13,15,18H,8-11H2,1-3H3. The van der Waals surface area contributed by atoms with E-state index in [0.29, 0.717) is 11.8 Å². The summed E-state index contributed by atoms with van der Waals surface area (Å²) in [4.78, 5) is 2.46. The van der Waals surface area contributed by atoms with Crippen molar-refractivity contribution in [3.05, 3.63) is 29.8 Å². The van der Waals surface area contributed by atoms with Gasteiger partial charge in [-0.15, -0.1) is 0 Å². The van der Waals surface area contributed by atoms with Crippen LogP contribution >= 0.6 is 0 Å². The van der Waals surface area contributed by atoms with Crippen LogP contribution in [-0.4, -0.2) is 42.9 Å². The van der Waals surface area contributed by atoms with Gasteiger partial charge in [0.1, 0.15) is 5.75 Å².